The molecule has 1 atom stereocenters. The summed E-state index contributed by atoms with van der Waals surface area (Å²) in [6, 6.07) is 6.82. The van der Waals surface area contributed by atoms with Crippen molar-refractivity contribution in [2.75, 3.05) is 5.75 Å². The van der Waals surface area contributed by atoms with E-state index in [0.29, 0.717) is 0 Å². The third-order valence-corrected chi connectivity index (χ3v) is 4.13. The van der Waals surface area contributed by atoms with E-state index in [9.17, 15) is 0 Å². The summed E-state index contributed by atoms with van der Waals surface area (Å²) in [5.74, 6) is 1.35. The summed E-state index contributed by atoms with van der Waals surface area (Å²) in [5.41, 5.74) is 4.43. The van der Waals surface area contributed by atoms with Crippen molar-refractivity contribution in [3.8, 4) is 0 Å². The van der Waals surface area contributed by atoms with Crippen LogP contribution in [0.2, 0.25) is 0 Å². The fourth-order valence-electron chi connectivity index (χ4n) is 1.93. The largest absolute Gasteiger partial charge is 0.154 e. The molecule has 2 rings (SSSR count). The van der Waals surface area contributed by atoms with Crippen LogP contribution in [0.4, 0.5) is 0 Å². The molecule has 1 unspecified atom stereocenters. The topological polar surface area (TPSA) is 0 Å². The fourth-order valence-corrected chi connectivity index (χ4v) is 3.31. The minimum absolute atomic E-state index is 0.778. The van der Waals surface area contributed by atoms with E-state index in [4.69, 9.17) is 0 Å². The van der Waals surface area contributed by atoms with Crippen molar-refractivity contribution in [1.82, 2.24) is 0 Å². The van der Waals surface area contributed by atoms with Crippen LogP contribution in [0.3, 0.4) is 0 Å². The smallest absolute Gasteiger partial charge is 0.0300 e. The van der Waals surface area contributed by atoms with Gasteiger partial charge in [-0.05, 0) is 43.6 Å². The number of rotatable bonds is 1. The van der Waals surface area contributed by atoms with E-state index in [-0.39, 0.29) is 0 Å². The maximum absolute atomic E-state index is 2.36. The highest BCUT2D eigenvalue weighted by molar-refractivity contribution is 7.99. The van der Waals surface area contributed by atoms with Gasteiger partial charge in [0.15, 0.2) is 0 Å². The van der Waals surface area contributed by atoms with Gasteiger partial charge >= 0.3 is 0 Å². The summed E-state index contributed by atoms with van der Waals surface area (Å²) in [6.45, 7) is 4.41. The van der Waals surface area contributed by atoms with Gasteiger partial charge in [0.05, 0.1) is 0 Å². The van der Waals surface area contributed by atoms with Crippen LogP contribution in [0.15, 0.2) is 18.2 Å². The molecule has 0 bridgehead atoms. The van der Waals surface area contributed by atoms with E-state index in [2.05, 4.69) is 43.8 Å². The molecule has 0 amide bonds. The normalized spacial score (nSPS) is 22.2. The summed E-state index contributed by atoms with van der Waals surface area (Å²) in [7, 11) is 0. The van der Waals surface area contributed by atoms with Gasteiger partial charge in [0, 0.05) is 5.25 Å². The highest BCUT2D eigenvalue weighted by Crippen LogP contribution is 2.41. The molecular weight excluding hydrogens is 176 g/mol. The zero-order valence-electron chi connectivity index (χ0n) is 8.34. The van der Waals surface area contributed by atoms with E-state index in [0.717, 1.165) is 5.25 Å². The van der Waals surface area contributed by atoms with Crippen LogP contribution in [0.1, 0.15) is 34.8 Å². The van der Waals surface area contributed by atoms with Crippen molar-refractivity contribution in [3.05, 3.63) is 34.9 Å². The van der Waals surface area contributed by atoms with Crippen molar-refractivity contribution in [2.45, 2.75) is 31.9 Å². The Morgan fingerprint density at radius 2 is 2.15 bits per heavy atom. The highest BCUT2D eigenvalue weighted by atomic mass is 32.2. The molecule has 1 aliphatic rings. The van der Waals surface area contributed by atoms with Gasteiger partial charge in [-0.15, -0.1) is 0 Å². The van der Waals surface area contributed by atoms with Crippen molar-refractivity contribution < 1.29 is 0 Å². The first-order valence-corrected chi connectivity index (χ1v) is 6.01. The maximum Gasteiger partial charge on any atom is 0.0300 e. The fraction of sp³-hybridized carbons (Fsp3) is 0.500. The Balaban J connectivity index is 2.32. The summed E-state index contributed by atoms with van der Waals surface area (Å²) in [6.07, 6.45) is 2.76. The quantitative estimate of drug-likeness (QED) is 0.651. The molecule has 0 radical (unpaired) electrons. The molecule has 0 spiro atoms. The number of hydrogen-bond acceptors (Lipinski definition) is 1. The molecule has 1 saturated heterocycles. The van der Waals surface area contributed by atoms with Crippen LogP contribution in [0, 0.1) is 13.8 Å². The average molecular weight is 192 g/mol. The van der Waals surface area contributed by atoms with Crippen molar-refractivity contribution >= 4 is 11.8 Å². The number of hydrogen-bond donors (Lipinski definition) is 0. The van der Waals surface area contributed by atoms with Crippen LogP contribution in [0.25, 0.3) is 0 Å². The molecule has 1 aromatic carbocycles. The Bertz CT molecular complexity index is 298. The van der Waals surface area contributed by atoms with Gasteiger partial charge < -0.3 is 0 Å². The van der Waals surface area contributed by atoms with Crippen LogP contribution in [-0.4, -0.2) is 5.75 Å². The molecule has 0 nitrogen and oxygen atoms in total. The van der Waals surface area contributed by atoms with Gasteiger partial charge in [0.1, 0.15) is 0 Å². The minimum atomic E-state index is 0.778. The Hall–Kier alpha value is -0.430. The second kappa shape index (κ2) is 3.75. The molecule has 1 aliphatic heterocycles. The monoisotopic (exact) mass is 192 g/mol. The summed E-state index contributed by atoms with van der Waals surface area (Å²) in [4.78, 5) is 0. The lowest BCUT2D eigenvalue weighted by atomic mass is 10.0. The molecule has 70 valence electrons. The number of benzene rings is 1. The van der Waals surface area contributed by atoms with Crippen LogP contribution >= 0.6 is 11.8 Å². The molecule has 1 heteroatoms. The van der Waals surface area contributed by atoms with Gasteiger partial charge in [-0.3, -0.25) is 0 Å². The third kappa shape index (κ3) is 1.91. The van der Waals surface area contributed by atoms with Gasteiger partial charge in [-0.1, -0.05) is 23.8 Å². The predicted octanol–water partition coefficient (Wildman–Crippen LogP) is 3.87. The molecule has 0 aliphatic carbocycles. The van der Waals surface area contributed by atoms with E-state index < -0.39 is 0 Å². The van der Waals surface area contributed by atoms with Crippen molar-refractivity contribution in [1.29, 1.82) is 0 Å². The van der Waals surface area contributed by atoms with Crippen molar-refractivity contribution in [2.24, 2.45) is 0 Å². The zero-order valence-corrected chi connectivity index (χ0v) is 9.16. The standard InChI is InChI=1S/C12H16S/c1-9-5-6-10(2)11(8-9)12-4-3-7-13-12/h5-6,8,12H,3-4,7H2,1-2H3. The number of thioether (sulfide) groups is 1. The SMILES string of the molecule is Cc1ccc(C)c(C2CCCS2)c1. The zero-order chi connectivity index (χ0) is 9.26. The van der Waals surface area contributed by atoms with Crippen LogP contribution in [-0.2, 0) is 0 Å². The first kappa shape index (κ1) is 9.14. The van der Waals surface area contributed by atoms with Gasteiger partial charge in [0.25, 0.3) is 0 Å². The van der Waals surface area contributed by atoms with E-state index in [1.165, 1.54) is 29.7 Å². The lowest BCUT2D eigenvalue weighted by molar-refractivity contribution is 0.824. The second-order valence-corrected chi connectivity index (χ2v) is 5.17. The van der Waals surface area contributed by atoms with Gasteiger partial charge in [-0.25, -0.2) is 0 Å². The third-order valence-electron chi connectivity index (χ3n) is 2.71. The van der Waals surface area contributed by atoms with Gasteiger partial charge in [0.2, 0.25) is 0 Å². The maximum atomic E-state index is 2.36. The first-order valence-electron chi connectivity index (χ1n) is 4.96. The Morgan fingerprint density at radius 1 is 1.31 bits per heavy atom. The Morgan fingerprint density at radius 3 is 2.85 bits per heavy atom. The summed E-state index contributed by atoms with van der Waals surface area (Å²) < 4.78 is 0. The average Bonchev–Trinajstić information content (AvgIpc) is 2.61. The van der Waals surface area contributed by atoms with Crippen LogP contribution < -0.4 is 0 Å². The summed E-state index contributed by atoms with van der Waals surface area (Å²) in [5, 5.41) is 0.778. The molecule has 1 fully saturated rings. The summed E-state index contributed by atoms with van der Waals surface area (Å²) >= 11 is 2.12. The van der Waals surface area contributed by atoms with Crippen molar-refractivity contribution in [3.63, 3.8) is 0 Å². The lowest BCUT2D eigenvalue weighted by Gasteiger charge is -2.12. The molecule has 0 aromatic heterocycles. The molecule has 0 saturated carbocycles. The number of aryl methyl sites for hydroxylation is 2. The molecular formula is C12H16S. The Labute approximate surface area is 84.7 Å². The second-order valence-electron chi connectivity index (χ2n) is 3.86. The lowest BCUT2D eigenvalue weighted by Crippen LogP contribution is -1.93. The first-order chi connectivity index (χ1) is 6.27. The predicted molar refractivity (Wildman–Crippen MR) is 60.3 cm³/mol. The highest BCUT2D eigenvalue weighted by Gasteiger charge is 2.18. The van der Waals surface area contributed by atoms with E-state index >= 15 is 0 Å². The molecule has 13 heavy (non-hydrogen) atoms. The Kier molecular flexibility index (Phi) is 2.63. The van der Waals surface area contributed by atoms with Gasteiger partial charge in [-0.2, -0.15) is 11.8 Å². The van der Waals surface area contributed by atoms with E-state index in [1.807, 2.05) is 0 Å². The minimum Gasteiger partial charge on any atom is -0.154 e. The van der Waals surface area contributed by atoms with Crippen LogP contribution in [0.5, 0.6) is 0 Å². The molecule has 1 aromatic rings. The molecule has 0 N–H and O–H groups in total. The molecule has 1 heterocycles. The van der Waals surface area contributed by atoms with E-state index in [1.54, 1.807) is 5.56 Å².